The molecule has 0 saturated heterocycles. The predicted octanol–water partition coefficient (Wildman–Crippen LogP) is 7.56. The Bertz CT molecular complexity index is 764. The number of hydrogen-bond acceptors (Lipinski definition) is 2. The van der Waals surface area contributed by atoms with Crippen molar-refractivity contribution in [3.05, 3.63) is 52.3 Å². The number of carbonyl (C=O) groups is 1. The van der Waals surface area contributed by atoms with Crippen molar-refractivity contribution in [3.63, 3.8) is 0 Å². The van der Waals surface area contributed by atoms with E-state index in [9.17, 15) is 9.18 Å². The molecule has 4 nitrogen and oxygen atoms in total. The van der Waals surface area contributed by atoms with Crippen molar-refractivity contribution in [1.82, 2.24) is 0 Å². The van der Waals surface area contributed by atoms with E-state index in [1.54, 1.807) is 0 Å². The Kier molecular flexibility index (Phi) is 10.6. The highest BCUT2D eigenvalue weighted by Crippen LogP contribution is 2.31. The van der Waals surface area contributed by atoms with Crippen molar-refractivity contribution >= 4 is 33.3 Å². The largest absolute Gasteiger partial charge is 0.495 e. The minimum atomic E-state index is -0.483. The lowest BCUT2D eigenvalue weighted by atomic mass is 10.0. The number of benzene rings is 2. The van der Waals surface area contributed by atoms with Crippen LogP contribution in [0.1, 0.15) is 58.4 Å². The smallest absolute Gasteiger partial charge is 0.323 e. The Labute approximate surface area is 176 Å². The molecule has 2 rings (SSSR count). The Morgan fingerprint density at radius 1 is 1.11 bits per heavy atom. The summed E-state index contributed by atoms with van der Waals surface area (Å²) < 4.78 is 19.1. The highest BCUT2D eigenvalue weighted by atomic mass is 79.9. The lowest BCUT2D eigenvalue weighted by Crippen LogP contribution is -2.21. The van der Waals surface area contributed by atoms with Crippen LogP contribution in [-0.4, -0.2) is 13.1 Å². The standard InChI is InChI=1S/C17H18BrFN2O2.C5H12/c1-10(2)11-6-4-5-7-14(11)20-17(22)21-15-9-13(19)12(18)8-16(15)23-3;1-3-5-4-2/h4-10H,1-3H3,(H2,20,21,22);3-5H2,1-2H3. The van der Waals surface area contributed by atoms with E-state index in [4.69, 9.17) is 4.74 Å². The van der Waals surface area contributed by atoms with Crippen molar-refractivity contribution in [2.45, 2.75) is 52.9 Å². The first-order chi connectivity index (χ1) is 13.3. The van der Waals surface area contributed by atoms with Crippen molar-refractivity contribution < 1.29 is 13.9 Å². The number of carbonyl (C=O) groups excluding carboxylic acids is 1. The number of hydrogen-bond donors (Lipinski definition) is 2. The van der Waals surface area contributed by atoms with Crippen LogP contribution >= 0.6 is 15.9 Å². The molecule has 0 aliphatic rings. The van der Waals surface area contributed by atoms with Gasteiger partial charge in [-0.05, 0) is 39.5 Å². The quantitative estimate of drug-likeness (QED) is 0.474. The van der Waals surface area contributed by atoms with E-state index in [1.807, 2.05) is 38.1 Å². The fourth-order valence-corrected chi connectivity index (χ4v) is 2.86. The lowest BCUT2D eigenvalue weighted by Gasteiger charge is -2.15. The number of ether oxygens (including phenoxy) is 1. The number of amides is 2. The summed E-state index contributed by atoms with van der Waals surface area (Å²) in [5, 5.41) is 5.39. The third-order valence-corrected chi connectivity index (χ3v) is 4.64. The van der Waals surface area contributed by atoms with Crippen LogP contribution in [0.3, 0.4) is 0 Å². The zero-order valence-corrected chi connectivity index (χ0v) is 18.8. The molecule has 2 amide bonds. The van der Waals surface area contributed by atoms with Crippen LogP contribution < -0.4 is 15.4 Å². The maximum Gasteiger partial charge on any atom is 0.323 e. The normalized spacial score (nSPS) is 10.1. The number of rotatable bonds is 6. The van der Waals surface area contributed by atoms with E-state index in [1.165, 1.54) is 38.5 Å². The molecule has 0 unspecified atom stereocenters. The molecule has 0 aliphatic heterocycles. The summed E-state index contributed by atoms with van der Waals surface area (Å²) in [4.78, 5) is 12.2. The van der Waals surface area contributed by atoms with Crippen LogP contribution in [-0.2, 0) is 0 Å². The summed E-state index contributed by atoms with van der Waals surface area (Å²) in [6.07, 6.45) is 4.08. The van der Waals surface area contributed by atoms with Gasteiger partial charge in [-0.25, -0.2) is 9.18 Å². The van der Waals surface area contributed by atoms with E-state index >= 15 is 0 Å². The number of methoxy groups -OCH3 is 1. The van der Waals surface area contributed by atoms with Gasteiger partial charge in [0.1, 0.15) is 11.6 Å². The van der Waals surface area contributed by atoms with Gasteiger partial charge in [-0.2, -0.15) is 0 Å². The van der Waals surface area contributed by atoms with Gasteiger partial charge in [-0.15, -0.1) is 0 Å². The van der Waals surface area contributed by atoms with Crippen LogP contribution in [0.15, 0.2) is 40.9 Å². The Balaban J connectivity index is 0.000000696. The van der Waals surface area contributed by atoms with E-state index in [2.05, 4.69) is 40.4 Å². The van der Waals surface area contributed by atoms with E-state index in [0.29, 0.717) is 5.75 Å². The average molecular weight is 453 g/mol. The fraction of sp³-hybridized carbons (Fsp3) is 0.409. The highest BCUT2D eigenvalue weighted by molar-refractivity contribution is 9.10. The van der Waals surface area contributed by atoms with Gasteiger partial charge in [-0.3, -0.25) is 0 Å². The molecule has 0 saturated carbocycles. The minimum absolute atomic E-state index is 0.257. The topological polar surface area (TPSA) is 50.4 Å². The number of anilines is 2. The maximum atomic E-state index is 13.7. The summed E-state index contributed by atoms with van der Waals surface area (Å²) in [7, 11) is 1.46. The number of para-hydroxylation sites is 1. The van der Waals surface area contributed by atoms with Crippen molar-refractivity contribution in [2.75, 3.05) is 17.7 Å². The lowest BCUT2D eigenvalue weighted by molar-refractivity contribution is 0.262. The van der Waals surface area contributed by atoms with E-state index in [0.717, 1.165) is 11.3 Å². The zero-order chi connectivity index (χ0) is 21.1. The molecule has 28 heavy (non-hydrogen) atoms. The second-order valence-corrected chi connectivity index (χ2v) is 7.50. The van der Waals surface area contributed by atoms with Crippen molar-refractivity contribution in [2.24, 2.45) is 0 Å². The van der Waals surface area contributed by atoms with Gasteiger partial charge in [0.15, 0.2) is 0 Å². The monoisotopic (exact) mass is 452 g/mol. The molecule has 2 aromatic rings. The molecule has 0 aromatic heterocycles. The Morgan fingerprint density at radius 2 is 1.71 bits per heavy atom. The number of unbranched alkanes of at least 4 members (excludes halogenated alkanes) is 2. The minimum Gasteiger partial charge on any atom is -0.495 e. The second kappa shape index (κ2) is 12.4. The van der Waals surface area contributed by atoms with Gasteiger partial charge >= 0.3 is 6.03 Å². The molecular formula is C22H30BrFN2O2. The van der Waals surface area contributed by atoms with Crippen LogP contribution in [0.5, 0.6) is 5.75 Å². The maximum absolute atomic E-state index is 13.7. The Hall–Kier alpha value is -2.08. The van der Waals surface area contributed by atoms with E-state index < -0.39 is 11.8 Å². The fourth-order valence-electron chi connectivity index (χ4n) is 2.54. The van der Waals surface area contributed by atoms with Gasteiger partial charge in [0.25, 0.3) is 0 Å². The molecule has 0 bridgehead atoms. The van der Waals surface area contributed by atoms with Crippen LogP contribution in [0, 0.1) is 5.82 Å². The number of nitrogens with one attached hydrogen (secondary N) is 2. The third-order valence-electron chi connectivity index (χ3n) is 4.03. The first kappa shape index (κ1) is 24.0. The summed E-state index contributed by atoms with van der Waals surface area (Å²) in [6.45, 7) is 8.52. The molecule has 0 spiro atoms. The van der Waals surface area contributed by atoms with Crippen LogP contribution in [0.4, 0.5) is 20.6 Å². The molecule has 154 valence electrons. The SMILES string of the molecule is CCCCC.COc1cc(Br)c(F)cc1NC(=O)Nc1ccccc1C(C)C. The van der Waals surface area contributed by atoms with Gasteiger partial charge < -0.3 is 15.4 Å². The summed E-state index contributed by atoms with van der Waals surface area (Å²) >= 11 is 3.08. The van der Waals surface area contributed by atoms with Crippen molar-refractivity contribution in [1.29, 1.82) is 0 Å². The van der Waals surface area contributed by atoms with Gasteiger partial charge in [0.05, 0.1) is 17.3 Å². The van der Waals surface area contributed by atoms with Gasteiger partial charge in [0.2, 0.25) is 0 Å². The first-order valence-corrected chi connectivity index (χ1v) is 10.3. The molecule has 2 aromatic carbocycles. The summed E-state index contributed by atoms with van der Waals surface area (Å²) in [6, 6.07) is 9.77. The first-order valence-electron chi connectivity index (χ1n) is 9.53. The van der Waals surface area contributed by atoms with Gasteiger partial charge in [0, 0.05) is 11.8 Å². The Morgan fingerprint density at radius 3 is 2.25 bits per heavy atom. The molecular weight excluding hydrogens is 423 g/mol. The number of halogens is 2. The van der Waals surface area contributed by atoms with E-state index in [-0.39, 0.29) is 16.1 Å². The predicted molar refractivity (Wildman–Crippen MR) is 119 cm³/mol. The zero-order valence-electron chi connectivity index (χ0n) is 17.2. The molecule has 0 radical (unpaired) electrons. The summed E-state index contributed by atoms with van der Waals surface area (Å²) in [5.74, 6) is 0.153. The average Bonchev–Trinajstić information content (AvgIpc) is 2.66. The molecule has 2 N–H and O–H groups in total. The summed E-state index contributed by atoms with van der Waals surface area (Å²) in [5.41, 5.74) is 2.00. The highest BCUT2D eigenvalue weighted by Gasteiger charge is 2.13. The molecule has 0 fully saturated rings. The second-order valence-electron chi connectivity index (χ2n) is 6.64. The van der Waals surface area contributed by atoms with Crippen LogP contribution in [0.2, 0.25) is 0 Å². The molecule has 0 aliphatic carbocycles. The third kappa shape index (κ3) is 7.50. The molecule has 6 heteroatoms. The van der Waals surface area contributed by atoms with Gasteiger partial charge in [-0.1, -0.05) is 65.2 Å². The molecule has 0 atom stereocenters. The van der Waals surface area contributed by atoms with Crippen LogP contribution in [0.25, 0.3) is 0 Å². The molecule has 0 heterocycles. The number of urea groups is 1. The van der Waals surface area contributed by atoms with Crippen molar-refractivity contribution in [3.8, 4) is 5.75 Å².